The van der Waals surface area contributed by atoms with Gasteiger partial charge in [-0.1, -0.05) is 24.3 Å². The van der Waals surface area contributed by atoms with Crippen molar-refractivity contribution < 1.29 is 9.59 Å². The molecule has 0 bridgehead atoms. The van der Waals surface area contributed by atoms with Gasteiger partial charge in [0.1, 0.15) is 5.69 Å². The number of likely N-dealkylation sites (tertiary alicyclic amines) is 1. The van der Waals surface area contributed by atoms with Crippen molar-refractivity contribution in [3.8, 4) is 16.3 Å². The van der Waals surface area contributed by atoms with Gasteiger partial charge in [-0.25, -0.2) is 4.68 Å². The van der Waals surface area contributed by atoms with Crippen molar-refractivity contribution in [2.24, 2.45) is 0 Å². The van der Waals surface area contributed by atoms with E-state index in [1.807, 2.05) is 86.5 Å². The van der Waals surface area contributed by atoms with Crippen LogP contribution in [0.25, 0.3) is 22.3 Å². The molecule has 4 aromatic rings. The van der Waals surface area contributed by atoms with Crippen LogP contribution in [0.1, 0.15) is 28.8 Å². The minimum absolute atomic E-state index is 0.0211. The van der Waals surface area contributed by atoms with Crippen molar-refractivity contribution >= 4 is 40.6 Å². The third-order valence-electron chi connectivity index (χ3n) is 5.85. The summed E-state index contributed by atoms with van der Waals surface area (Å²) in [6, 6.07) is 15.9. The standard InChI is InChI=1S/C26H24N4O2S2/c31-24(29-13-10-21(11-14-29)27-26(32)20-12-16-33-18-20)9-8-19-17-30(22-5-2-1-3-6-22)28-25(19)23-7-4-15-34-23/h1-9,12,15-18,21H,10-11,13-14H2,(H,27,32). The summed E-state index contributed by atoms with van der Waals surface area (Å²) < 4.78 is 1.85. The SMILES string of the molecule is O=C(NC1CCN(C(=O)C=Cc2cn(-c3ccccc3)nc2-c2cccs2)CC1)c1ccsc1. The predicted molar refractivity (Wildman–Crippen MR) is 137 cm³/mol. The lowest BCUT2D eigenvalue weighted by atomic mass is 10.0. The Morgan fingerprint density at radius 3 is 2.56 bits per heavy atom. The van der Waals surface area contributed by atoms with Crippen LogP contribution in [0, 0.1) is 0 Å². The summed E-state index contributed by atoms with van der Waals surface area (Å²) in [4.78, 5) is 28.1. The lowest BCUT2D eigenvalue weighted by Crippen LogP contribution is -2.46. The fourth-order valence-corrected chi connectivity index (χ4v) is 5.37. The number of nitrogens with zero attached hydrogens (tertiary/aromatic N) is 3. The van der Waals surface area contributed by atoms with Gasteiger partial charge in [-0.05, 0) is 53.9 Å². The van der Waals surface area contributed by atoms with Gasteiger partial charge in [0.15, 0.2) is 0 Å². The molecule has 4 heterocycles. The molecule has 1 aromatic carbocycles. The number of benzene rings is 1. The molecular formula is C26H24N4O2S2. The highest BCUT2D eigenvalue weighted by Gasteiger charge is 2.23. The molecule has 0 saturated carbocycles. The van der Waals surface area contributed by atoms with Gasteiger partial charge in [-0.3, -0.25) is 9.59 Å². The van der Waals surface area contributed by atoms with E-state index in [4.69, 9.17) is 5.10 Å². The molecule has 0 spiro atoms. The Morgan fingerprint density at radius 2 is 1.85 bits per heavy atom. The highest BCUT2D eigenvalue weighted by molar-refractivity contribution is 7.13. The molecule has 0 aliphatic carbocycles. The first-order valence-corrected chi connectivity index (χ1v) is 13.0. The average Bonchev–Trinajstić information content (AvgIpc) is 3.65. The maximum Gasteiger partial charge on any atom is 0.252 e. The summed E-state index contributed by atoms with van der Waals surface area (Å²) in [5, 5.41) is 13.6. The van der Waals surface area contributed by atoms with Crippen LogP contribution in [0.2, 0.25) is 0 Å². The van der Waals surface area contributed by atoms with E-state index < -0.39 is 0 Å². The zero-order valence-corrected chi connectivity index (χ0v) is 20.1. The normalized spacial score (nSPS) is 14.5. The molecule has 172 valence electrons. The number of piperidine rings is 1. The molecule has 3 aromatic heterocycles. The molecule has 1 fully saturated rings. The van der Waals surface area contributed by atoms with Crippen LogP contribution in [-0.2, 0) is 4.79 Å². The van der Waals surface area contributed by atoms with Crippen LogP contribution in [0.3, 0.4) is 0 Å². The summed E-state index contributed by atoms with van der Waals surface area (Å²) in [5.74, 6) is -0.0605. The van der Waals surface area contributed by atoms with Gasteiger partial charge < -0.3 is 10.2 Å². The molecule has 6 nitrogen and oxygen atoms in total. The number of hydrogen-bond acceptors (Lipinski definition) is 5. The largest absolute Gasteiger partial charge is 0.349 e. The van der Waals surface area contributed by atoms with Crippen LogP contribution in [0.5, 0.6) is 0 Å². The average molecular weight is 489 g/mol. The van der Waals surface area contributed by atoms with E-state index in [-0.39, 0.29) is 17.9 Å². The topological polar surface area (TPSA) is 67.2 Å². The van der Waals surface area contributed by atoms with Gasteiger partial charge in [0.05, 0.1) is 10.6 Å². The molecule has 5 rings (SSSR count). The molecule has 8 heteroatoms. The number of carbonyl (C=O) groups excluding carboxylic acids is 2. The van der Waals surface area contributed by atoms with Crippen LogP contribution in [0.15, 0.2) is 76.9 Å². The van der Waals surface area contributed by atoms with Crippen LogP contribution in [-0.4, -0.2) is 45.6 Å². The zero-order valence-electron chi connectivity index (χ0n) is 18.5. The second kappa shape index (κ2) is 10.2. The highest BCUT2D eigenvalue weighted by Crippen LogP contribution is 2.28. The number of amides is 2. The summed E-state index contributed by atoms with van der Waals surface area (Å²) in [7, 11) is 0. The summed E-state index contributed by atoms with van der Waals surface area (Å²) in [6.45, 7) is 1.25. The van der Waals surface area contributed by atoms with E-state index in [9.17, 15) is 9.59 Å². The Hall–Kier alpha value is -3.49. The number of aromatic nitrogens is 2. The van der Waals surface area contributed by atoms with Gasteiger partial charge >= 0.3 is 0 Å². The van der Waals surface area contributed by atoms with Gasteiger partial charge in [0.25, 0.3) is 5.91 Å². The monoisotopic (exact) mass is 488 g/mol. The lowest BCUT2D eigenvalue weighted by molar-refractivity contribution is -0.126. The van der Waals surface area contributed by atoms with E-state index >= 15 is 0 Å². The smallest absolute Gasteiger partial charge is 0.252 e. The first-order valence-electron chi connectivity index (χ1n) is 11.2. The Kier molecular flexibility index (Phi) is 6.69. The maximum atomic E-state index is 12.9. The van der Waals surface area contributed by atoms with Crippen LogP contribution >= 0.6 is 22.7 Å². The van der Waals surface area contributed by atoms with Gasteiger partial charge in [0, 0.05) is 47.9 Å². The fourth-order valence-electron chi connectivity index (χ4n) is 4.00. The fraction of sp³-hybridized carbons (Fsp3) is 0.192. The summed E-state index contributed by atoms with van der Waals surface area (Å²) in [5.41, 5.74) is 3.43. The van der Waals surface area contributed by atoms with Gasteiger partial charge in [0.2, 0.25) is 5.91 Å². The quantitative estimate of drug-likeness (QED) is 0.384. The molecule has 34 heavy (non-hydrogen) atoms. The van der Waals surface area contributed by atoms with E-state index in [2.05, 4.69) is 5.32 Å². The number of thiophene rings is 2. The molecule has 1 aliphatic heterocycles. The number of para-hydroxylation sites is 1. The Balaban J connectivity index is 1.25. The third kappa shape index (κ3) is 5.03. The number of carbonyl (C=O) groups is 2. The highest BCUT2D eigenvalue weighted by atomic mass is 32.1. The lowest BCUT2D eigenvalue weighted by Gasteiger charge is -2.31. The second-order valence-electron chi connectivity index (χ2n) is 8.11. The number of hydrogen-bond donors (Lipinski definition) is 1. The number of rotatable bonds is 6. The molecule has 0 unspecified atom stereocenters. The maximum absolute atomic E-state index is 12.9. The van der Waals surface area contributed by atoms with E-state index in [1.54, 1.807) is 17.4 Å². The minimum Gasteiger partial charge on any atom is -0.349 e. The Morgan fingerprint density at radius 1 is 1.03 bits per heavy atom. The third-order valence-corrected chi connectivity index (χ3v) is 7.41. The van der Waals surface area contributed by atoms with E-state index in [1.165, 1.54) is 11.3 Å². The molecule has 1 saturated heterocycles. The van der Waals surface area contributed by atoms with Crippen molar-refractivity contribution in [3.63, 3.8) is 0 Å². The molecule has 2 amide bonds. The van der Waals surface area contributed by atoms with Gasteiger partial charge in [-0.15, -0.1) is 11.3 Å². The Labute approximate surface area is 206 Å². The predicted octanol–water partition coefficient (Wildman–Crippen LogP) is 5.10. The van der Waals surface area contributed by atoms with Crippen molar-refractivity contribution in [2.45, 2.75) is 18.9 Å². The minimum atomic E-state index is -0.0394. The second-order valence-corrected chi connectivity index (χ2v) is 9.84. The van der Waals surface area contributed by atoms with Gasteiger partial charge in [-0.2, -0.15) is 16.4 Å². The summed E-state index contributed by atoms with van der Waals surface area (Å²) in [6.07, 6.45) is 6.95. The molecule has 1 N–H and O–H groups in total. The van der Waals surface area contributed by atoms with Crippen LogP contribution < -0.4 is 5.32 Å². The first kappa shape index (κ1) is 22.3. The van der Waals surface area contributed by atoms with E-state index in [0.29, 0.717) is 18.7 Å². The molecule has 0 atom stereocenters. The molecular weight excluding hydrogens is 464 g/mol. The van der Waals surface area contributed by atoms with Crippen molar-refractivity contribution in [1.29, 1.82) is 0 Å². The van der Waals surface area contributed by atoms with E-state index in [0.717, 1.165) is 34.7 Å². The summed E-state index contributed by atoms with van der Waals surface area (Å²) >= 11 is 3.14. The Bertz CT molecular complexity index is 1270. The van der Waals surface area contributed by atoms with Crippen molar-refractivity contribution in [2.75, 3.05) is 13.1 Å². The van der Waals surface area contributed by atoms with Crippen molar-refractivity contribution in [1.82, 2.24) is 20.0 Å². The first-order chi connectivity index (χ1) is 16.7. The molecule has 0 radical (unpaired) electrons. The molecule has 1 aliphatic rings. The van der Waals surface area contributed by atoms with Crippen LogP contribution in [0.4, 0.5) is 0 Å². The number of nitrogens with one attached hydrogen (secondary N) is 1. The zero-order chi connectivity index (χ0) is 23.3. The van der Waals surface area contributed by atoms with Crippen molar-refractivity contribution in [3.05, 3.63) is 88.1 Å².